The number of cyclic esters (lactones) is 1. The van der Waals surface area contributed by atoms with Crippen molar-refractivity contribution < 1.29 is 14.3 Å². The number of benzene rings is 1. The smallest absolute Gasteiger partial charge is 0.416 e. The van der Waals surface area contributed by atoms with E-state index in [4.69, 9.17) is 9.47 Å². The molecule has 0 atom stereocenters. The van der Waals surface area contributed by atoms with Gasteiger partial charge in [-0.05, 0) is 25.1 Å². The number of carbonyl (C=O) groups is 1. The predicted octanol–water partition coefficient (Wildman–Crippen LogP) is 3.62. The Morgan fingerprint density at radius 1 is 1.30 bits per heavy atom. The molecule has 2 aromatic heterocycles. The lowest BCUT2D eigenvalue weighted by Crippen LogP contribution is -2.22. The molecule has 1 saturated heterocycles. The molecule has 0 spiro atoms. The van der Waals surface area contributed by atoms with Crippen LogP contribution in [-0.2, 0) is 4.74 Å². The Balaban J connectivity index is 1.61. The first-order valence-electron chi connectivity index (χ1n) is 8.30. The zero-order valence-corrected chi connectivity index (χ0v) is 15.6. The van der Waals surface area contributed by atoms with Gasteiger partial charge in [-0.3, -0.25) is 0 Å². The van der Waals surface area contributed by atoms with Gasteiger partial charge in [-0.25, -0.2) is 24.6 Å². The van der Waals surface area contributed by atoms with Crippen LogP contribution in [0.4, 0.5) is 21.6 Å². The van der Waals surface area contributed by atoms with Gasteiger partial charge in [0.1, 0.15) is 12.4 Å². The van der Waals surface area contributed by atoms with E-state index < -0.39 is 0 Å². The third-order valence-corrected chi connectivity index (χ3v) is 5.19. The maximum Gasteiger partial charge on any atom is 0.416 e. The molecule has 1 amide bonds. The molecule has 0 bridgehead atoms. The number of ether oxygens (including phenoxy) is 2. The lowest BCUT2D eigenvalue weighted by Gasteiger charge is -2.08. The van der Waals surface area contributed by atoms with Crippen molar-refractivity contribution in [2.75, 3.05) is 30.5 Å². The van der Waals surface area contributed by atoms with Crippen molar-refractivity contribution in [3.8, 4) is 16.3 Å². The van der Waals surface area contributed by atoms with E-state index in [-0.39, 0.29) is 6.09 Å². The monoisotopic (exact) mass is 383 g/mol. The maximum atomic E-state index is 11.8. The van der Waals surface area contributed by atoms with Crippen LogP contribution in [-0.4, -0.2) is 41.3 Å². The van der Waals surface area contributed by atoms with Crippen molar-refractivity contribution in [2.24, 2.45) is 0 Å². The number of nitrogens with one attached hydrogen (secondary N) is 1. The summed E-state index contributed by atoms with van der Waals surface area (Å²) in [5.41, 5.74) is 2.37. The van der Waals surface area contributed by atoms with Crippen molar-refractivity contribution in [1.82, 2.24) is 15.0 Å². The predicted molar refractivity (Wildman–Crippen MR) is 103 cm³/mol. The summed E-state index contributed by atoms with van der Waals surface area (Å²) in [6, 6.07) is 9.36. The largest absolute Gasteiger partial charge is 0.497 e. The van der Waals surface area contributed by atoms with Gasteiger partial charge in [0.2, 0.25) is 5.95 Å². The standard InChI is InChI=1S/C18H17N5O3S/c1-11-15(27-17(20-11)23-8-9-26-18(23)24)14-6-7-19-16(22-14)21-12-4-3-5-13(10-12)25-2/h3-7,10H,8-9H2,1-2H3,(H,19,21,22). The Labute approximate surface area is 159 Å². The van der Waals surface area contributed by atoms with Gasteiger partial charge in [0.15, 0.2) is 5.13 Å². The average Bonchev–Trinajstić information content (AvgIpc) is 3.27. The Hall–Kier alpha value is -3.20. The normalized spacial score (nSPS) is 13.6. The van der Waals surface area contributed by atoms with E-state index in [9.17, 15) is 4.79 Å². The third-order valence-electron chi connectivity index (χ3n) is 3.99. The summed E-state index contributed by atoms with van der Waals surface area (Å²) in [5, 5.41) is 3.79. The first-order chi connectivity index (χ1) is 13.1. The summed E-state index contributed by atoms with van der Waals surface area (Å²) in [4.78, 5) is 27.6. The second-order valence-electron chi connectivity index (χ2n) is 5.80. The van der Waals surface area contributed by atoms with Gasteiger partial charge in [0.05, 0.1) is 29.9 Å². The van der Waals surface area contributed by atoms with Crippen LogP contribution < -0.4 is 15.0 Å². The van der Waals surface area contributed by atoms with Crippen LogP contribution in [0.2, 0.25) is 0 Å². The first-order valence-corrected chi connectivity index (χ1v) is 9.12. The summed E-state index contributed by atoms with van der Waals surface area (Å²) in [7, 11) is 1.62. The number of aromatic nitrogens is 3. The Morgan fingerprint density at radius 3 is 2.96 bits per heavy atom. The molecule has 1 aromatic carbocycles. The first kappa shape index (κ1) is 17.2. The number of methoxy groups -OCH3 is 1. The molecule has 3 aromatic rings. The fourth-order valence-corrected chi connectivity index (χ4v) is 3.73. The number of amides is 1. The summed E-state index contributed by atoms with van der Waals surface area (Å²) in [6.45, 7) is 2.79. The van der Waals surface area contributed by atoms with Crippen molar-refractivity contribution in [1.29, 1.82) is 0 Å². The van der Waals surface area contributed by atoms with Gasteiger partial charge >= 0.3 is 6.09 Å². The van der Waals surface area contributed by atoms with E-state index in [2.05, 4.69) is 20.3 Å². The molecule has 8 nitrogen and oxygen atoms in total. The van der Waals surface area contributed by atoms with E-state index in [1.807, 2.05) is 37.3 Å². The summed E-state index contributed by atoms with van der Waals surface area (Å²) >= 11 is 1.41. The molecule has 0 saturated carbocycles. The lowest BCUT2D eigenvalue weighted by molar-refractivity contribution is 0.181. The average molecular weight is 383 g/mol. The van der Waals surface area contributed by atoms with Crippen LogP contribution in [0.5, 0.6) is 5.75 Å². The Bertz CT molecular complexity index is 991. The van der Waals surface area contributed by atoms with Gasteiger partial charge in [0, 0.05) is 18.0 Å². The molecular formula is C18H17N5O3S. The second kappa shape index (κ2) is 7.20. The van der Waals surface area contributed by atoms with E-state index in [1.165, 1.54) is 16.2 Å². The number of aryl methyl sites for hydroxylation is 1. The second-order valence-corrected chi connectivity index (χ2v) is 6.78. The van der Waals surface area contributed by atoms with Gasteiger partial charge in [-0.15, -0.1) is 0 Å². The summed E-state index contributed by atoms with van der Waals surface area (Å²) in [6.07, 6.45) is 1.33. The molecule has 3 heterocycles. The van der Waals surface area contributed by atoms with Gasteiger partial charge < -0.3 is 14.8 Å². The molecule has 1 fully saturated rings. The minimum absolute atomic E-state index is 0.363. The zero-order valence-electron chi connectivity index (χ0n) is 14.8. The lowest BCUT2D eigenvalue weighted by atomic mass is 10.3. The Morgan fingerprint density at radius 2 is 2.19 bits per heavy atom. The fourth-order valence-electron chi connectivity index (χ4n) is 2.68. The summed E-state index contributed by atoms with van der Waals surface area (Å²) < 4.78 is 10.2. The highest BCUT2D eigenvalue weighted by Crippen LogP contribution is 2.35. The topological polar surface area (TPSA) is 89.5 Å². The molecule has 0 unspecified atom stereocenters. The van der Waals surface area contributed by atoms with Crippen LogP contribution in [0.3, 0.4) is 0 Å². The highest BCUT2D eigenvalue weighted by atomic mass is 32.1. The third kappa shape index (κ3) is 3.54. The number of nitrogens with zero attached hydrogens (tertiary/aromatic N) is 4. The van der Waals surface area contributed by atoms with E-state index >= 15 is 0 Å². The maximum absolute atomic E-state index is 11.8. The molecule has 1 aliphatic rings. The van der Waals surface area contributed by atoms with Gasteiger partial charge in [-0.1, -0.05) is 17.4 Å². The molecule has 27 heavy (non-hydrogen) atoms. The number of rotatable bonds is 5. The van der Waals surface area contributed by atoms with Crippen molar-refractivity contribution in [2.45, 2.75) is 6.92 Å². The quantitative estimate of drug-likeness (QED) is 0.720. The van der Waals surface area contributed by atoms with Crippen LogP contribution in [0.25, 0.3) is 10.6 Å². The van der Waals surface area contributed by atoms with Crippen LogP contribution in [0, 0.1) is 6.92 Å². The number of hydrogen-bond donors (Lipinski definition) is 1. The number of hydrogen-bond acceptors (Lipinski definition) is 8. The fraction of sp³-hybridized carbons (Fsp3) is 0.222. The molecule has 0 aliphatic carbocycles. The molecule has 9 heteroatoms. The van der Waals surface area contributed by atoms with Gasteiger partial charge in [0.25, 0.3) is 0 Å². The van der Waals surface area contributed by atoms with E-state index in [1.54, 1.807) is 13.3 Å². The van der Waals surface area contributed by atoms with E-state index in [0.717, 1.165) is 27.7 Å². The molecular weight excluding hydrogens is 366 g/mol. The number of anilines is 3. The SMILES string of the molecule is COc1cccc(Nc2nccc(-c3sc(N4CCOC4=O)nc3C)n2)c1. The Kier molecular flexibility index (Phi) is 4.59. The van der Waals surface area contributed by atoms with Crippen molar-refractivity contribution >= 4 is 34.2 Å². The van der Waals surface area contributed by atoms with Crippen LogP contribution >= 0.6 is 11.3 Å². The van der Waals surface area contributed by atoms with Crippen LogP contribution in [0.1, 0.15) is 5.69 Å². The van der Waals surface area contributed by atoms with Crippen molar-refractivity contribution in [3.05, 3.63) is 42.2 Å². The summed E-state index contributed by atoms with van der Waals surface area (Å²) in [5.74, 6) is 1.22. The van der Waals surface area contributed by atoms with E-state index in [0.29, 0.717) is 24.2 Å². The minimum Gasteiger partial charge on any atom is -0.497 e. The molecule has 1 N–H and O–H groups in total. The highest BCUT2D eigenvalue weighted by Gasteiger charge is 2.27. The van der Waals surface area contributed by atoms with Gasteiger partial charge in [-0.2, -0.15) is 0 Å². The van der Waals surface area contributed by atoms with Crippen molar-refractivity contribution in [3.63, 3.8) is 0 Å². The highest BCUT2D eigenvalue weighted by molar-refractivity contribution is 7.19. The van der Waals surface area contributed by atoms with Crippen LogP contribution in [0.15, 0.2) is 36.5 Å². The number of carbonyl (C=O) groups excluding carboxylic acids is 1. The zero-order chi connectivity index (χ0) is 18.8. The number of thiazole rings is 1. The molecule has 0 radical (unpaired) electrons. The minimum atomic E-state index is -0.363. The molecule has 138 valence electrons. The molecule has 4 rings (SSSR count). The molecule has 1 aliphatic heterocycles.